The summed E-state index contributed by atoms with van der Waals surface area (Å²) in [5.41, 5.74) is 0. The first-order chi connectivity index (χ1) is 9.41. The van der Waals surface area contributed by atoms with E-state index in [0.29, 0.717) is 13.4 Å². The fourth-order valence-electron chi connectivity index (χ4n) is 2.02. The maximum absolute atomic E-state index is 5.09. The zero-order valence-corrected chi connectivity index (χ0v) is 13.0. The summed E-state index contributed by atoms with van der Waals surface area (Å²) in [6.45, 7) is 3.10. The quantitative estimate of drug-likeness (QED) is 0.268. The van der Waals surface area contributed by atoms with Gasteiger partial charge in [-0.15, -0.1) is 5.92 Å². The molecule has 0 aromatic rings. The van der Waals surface area contributed by atoms with E-state index in [0.717, 1.165) is 6.42 Å². The van der Waals surface area contributed by atoms with Crippen molar-refractivity contribution in [2.75, 3.05) is 20.5 Å². The van der Waals surface area contributed by atoms with Gasteiger partial charge in [0.05, 0.1) is 0 Å². The highest BCUT2D eigenvalue weighted by molar-refractivity contribution is 4.98. The molecule has 2 heteroatoms. The molecule has 0 amide bonds. The first-order valence-corrected chi connectivity index (χ1v) is 7.94. The maximum atomic E-state index is 5.09. The van der Waals surface area contributed by atoms with Crippen LogP contribution in [-0.2, 0) is 9.47 Å². The second-order valence-corrected chi connectivity index (χ2v) is 5.04. The van der Waals surface area contributed by atoms with E-state index < -0.39 is 0 Å². The minimum Gasteiger partial charge on any atom is -0.359 e. The van der Waals surface area contributed by atoms with Gasteiger partial charge in [-0.25, -0.2) is 0 Å². The van der Waals surface area contributed by atoms with Crippen LogP contribution in [0.25, 0.3) is 0 Å². The van der Waals surface area contributed by atoms with E-state index in [2.05, 4.69) is 18.8 Å². The third kappa shape index (κ3) is 17.5. The molecule has 0 aliphatic rings. The van der Waals surface area contributed by atoms with Crippen LogP contribution < -0.4 is 0 Å². The monoisotopic (exact) mass is 268 g/mol. The molecule has 0 bridgehead atoms. The van der Waals surface area contributed by atoms with Crippen molar-refractivity contribution in [1.29, 1.82) is 0 Å². The lowest BCUT2D eigenvalue weighted by Gasteiger charge is -2.00. The molecule has 2 nitrogen and oxygen atoms in total. The standard InChI is InChI=1S/C17H32O2/c1-3-4-5-6-7-8-9-10-11-12-13-14-15-16-19-17-18-2/h3-13,16-17H2,1-2H3. The second kappa shape index (κ2) is 17.5. The van der Waals surface area contributed by atoms with Crippen LogP contribution in [-0.4, -0.2) is 20.5 Å². The van der Waals surface area contributed by atoms with Gasteiger partial charge < -0.3 is 9.47 Å². The number of methoxy groups -OCH3 is 1. The number of rotatable bonds is 13. The van der Waals surface area contributed by atoms with Gasteiger partial charge in [-0.1, -0.05) is 70.6 Å². The summed E-state index contributed by atoms with van der Waals surface area (Å²) < 4.78 is 9.85. The first-order valence-electron chi connectivity index (χ1n) is 7.94. The van der Waals surface area contributed by atoms with Gasteiger partial charge in [0.1, 0.15) is 13.4 Å². The van der Waals surface area contributed by atoms with Gasteiger partial charge in [-0.2, -0.15) is 0 Å². The van der Waals surface area contributed by atoms with Crippen LogP contribution >= 0.6 is 0 Å². The molecule has 0 unspecified atom stereocenters. The molecule has 19 heavy (non-hydrogen) atoms. The molecule has 0 atom stereocenters. The van der Waals surface area contributed by atoms with Gasteiger partial charge in [0.15, 0.2) is 0 Å². The van der Waals surface area contributed by atoms with E-state index in [-0.39, 0.29) is 0 Å². The number of hydrogen-bond acceptors (Lipinski definition) is 2. The average molecular weight is 268 g/mol. The smallest absolute Gasteiger partial charge is 0.147 e. The van der Waals surface area contributed by atoms with Crippen LogP contribution in [0.5, 0.6) is 0 Å². The summed E-state index contributed by atoms with van der Waals surface area (Å²) in [6.07, 6.45) is 14.8. The minimum atomic E-state index is 0.340. The van der Waals surface area contributed by atoms with Crippen molar-refractivity contribution in [3.63, 3.8) is 0 Å². The lowest BCUT2D eigenvalue weighted by molar-refractivity contribution is -0.0166. The normalized spacial score (nSPS) is 10.2. The second-order valence-electron chi connectivity index (χ2n) is 5.04. The molecule has 0 aliphatic heterocycles. The van der Waals surface area contributed by atoms with Crippen molar-refractivity contribution < 1.29 is 9.47 Å². The lowest BCUT2D eigenvalue weighted by atomic mass is 10.1. The minimum absolute atomic E-state index is 0.340. The van der Waals surface area contributed by atoms with E-state index in [1.165, 1.54) is 64.2 Å². The highest BCUT2D eigenvalue weighted by Gasteiger charge is 1.91. The predicted molar refractivity (Wildman–Crippen MR) is 82.1 cm³/mol. The fraction of sp³-hybridized carbons (Fsp3) is 0.882. The Hall–Kier alpha value is -0.520. The van der Waals surface area contributed by atoms with E-state index in [1.807, 2.05) is 0 Å². The molecule has 0 aromatic heterocycles. The van der Waals surface area contributed by atoms with Crippen molar-refractivity contribution in [3.8, 4) is 11.8 Å². The Kier molecular flexibility index (Phi) is 17.0. The van der Waals surface area contributed by atoms with Gasteiger partial charge >= 0.3 is 0 Å². The number of unbranched alkanes of at least 4 members (excludes halogenated alkanes) is 10. The van der Waals surface area contributed by atoms with Crippen molar-refractivity contribution in [3.05, 3.63) is 0 Å². The Balaban J connectivity index is 3.02. The van der Waals surface area contributed by atoms with Gasteiger partial charge in [0.25, 0.3) is 0 Å². The molecule has 0 heterocycles. The van der Waals surface area contributed by atoms with Crippen LogP contribution in [0, 0.1) is 11.8 Å². The van der Waals surface area contributed by atoms with Gasteiger partial charge in [0.2, 0.25) is 0 Å². The SMILES string of the molecule is CCCCCCCCCCCCC#CCOCOC. The van der Waals surface area contributed by atoms with Crippen LogP contribution in [0.1, 0.15) is 77.6 Å². The summed E-state index contributed by atoms with van der Waals surface area (Å²) in [5, 5.41) is 0. The molecule has 0 saturated heterocycles. The van der Waals surface area contributed by atoms with Crippen molar-refractivity contribution in [2.45, 2.75) is 77.6 Å². The van der Waals surface area contributed by atoms with Crippen molar-refractivity contribution in [1.82, 2.24) is 0 Å². The van der Waals surface area contributed by atoms with Gasteiger partial charge in [-0.05, 0) is 6.42 Å². The predicted octanol–water partition coefficient (Wildman–Crippen LogP) is 4.92. The molecule has 0 saturated carbocycles. The molecular weight excluding hydrogens is 236 g/mol. The van der Waals surface area contributed by atoms with E-state index in [4.69, 9.17) is 9.47 Å². The number of ether oxygens (including phenoxy) is 2. The number of hydrogen-bond donors (Lipinski definition) is 0. The Labute approximate surface area is 120 Å². The Morgan fingerprint density at radius 1 is 0.737 bits per heavy atom. The van der Waals surface area contributed by atoms with Gasteiger partial charge in [-0.3, -0.25) is 0 Å². The van der Waals surface area contributed by atoms with Crippen molar-refractivity contribution >= 4 is 0 Å². The highest BCUT2D eigenvalue weighted by atomic mass is 16.7. The largest absolute Gasteiger partial charge is 0.359 e. The van der Waals surface area contributed by atoms with Gasteiger partial charge in [0, 0.05) is 13.5 Å². The topological polar surface area (TPSA) is 18.5 Å². The summed E-state index contributed by atoms with van der Waals surface area (Å²) in [7, 11) is 1.62. The summed E-state index contributed by atoms with van der Waals surface area (Å²) in [5.74, 6) is 6.14. The summed E-state index contributed by atoms with van der Waals surface area (Å²) in [4.78, 5) is 0. The highest BCUT2D eigenvalue weighted by Crippen LogP contribution is 2.10. The van der Waals surface area contributed by atoms with Crippen molar-refractivity contribution in [2.24, 2.45) is 0 Å². The molecule has 0 radical (unpaired) electrons. The van der Waals surface area contributed by atoms with Crippen LogP contribution in [0.2, 0.25) is 0 Å². The molecule has 0 spiro atoms. The van der Waals surface area contributed by atoms with Crippen LogP contribution in [0.4, 0.5) is 0 Å². The molecule has 0 rings (SSSR count). The molecule has 112 valence electrons. The van der Waals surface area contributed by atoms with E-state index >= 15 is 0 Å². The summed E-state index contributed by atoms with van der Waals surface area (Å²) in [6, 6.07) is 0. The summed E-state index contributed by atoms with van der Waals surface area (Å²) >= 11 is 0. The molecule has 0 aromatic carbocycles. The van der Waals surface area contributed by atoms with Crippen LogP contribution in [0.3, 0.4) is 0 Å². The average Bonchev–Trinajstić information content (AvgIpc) is 2.43. The van der Waals surface area contributed by atoms with E-state index in [9.17, 15) is 0 Å². The molecular formula is C17H32O2. The third-order valence-corrected chi connectivity index (χ3v) is 3.16. The maximum Gasteiger partial charge on any atom is 0.147 e. The zero-order valence-electron chi connectivity index (χ0n) is 13.0. The molecule has 0 aliphatic carbocycles. The third-order valence-electron chi connectivity index (χ3n) is 3.16. The molecule has 0 N–H and O–H groups in total. The zero-order chi connectivity index (χ0) is 14.0. The molecule has 0 fully saturated rings. The lowest BCUT2D eigenvalue weighted by Crippen LogP contribution is -1.95. The fourth-order valence-corrected chi connectivity index (χ4v) is 2.02. The van der Waals surface area contributed by atoms with E-state index in [1.54, 1.807) is 7.11 Å². The Bertz CT molecular complexity index is 215. The Morgan fingerprint density at radius 2 is 1.32 bits per heavy atom. The Morgan fingerprint density at radius 3 is 1.89 bits per heavy atom. The van der Waals surface area contributed by atoms with Crippen LogP contribution in [0.15, 0.2) is 0 Å². The first kappa shape index (κ1) is 18.5.